The smallest absolute Gasteiger partial charge is 0.000496 e. The number of H-pyrrole nitrogens is 1. The van der Waals surface area contributed by atoms with Crippen molar-refractivity contribution in [1.29, 1.82) is 0 Å². The minimum atomic E-state index is 1.19. The molecule has 1 aromatic heterocycles. The summed E-state index contributed by atoms with van der Waals surface area (Å²) in [5.74, 6) is 0. The van der Waals surface area contributed by atoms with Crippen molar-refractivity contribution < 1.29 is 0 Å². The molecular formula is C10H20N2. The molecule has 0 fully saturated rings. The van der Waals surface area contributed by atoms with Crippen LogP contribution in [0.15, 0.2) is 24.5 Å². The van der Waals surface area contributed by atoms with Crippen LogP contribution in [-0.4, -0.2) is 29.5 Å². The highest BCUT2D eigenvalue weighted by Gasteiger charge is 1.89. The highest BCUT2D eigenvalue weighted by Crippen LogP contribution is 1.81. The van der Waals surface area contributed by atoms with Gasteiger partial charge in [-0.25, -0.2) is 0 Å². The summed E-state index contributed by atoms with van der Waals surface area (Å²) in [5.41, 5.74) is 0. The lowest BCUT2D eigenvalue weighted by atomic mass is 10.5. The molecule has 0 bridgehead atoms. The highest BCUT2D eigenvalue weighted by molar-refractivity contribution is 4.84. The lowest BCUT2D eigenvalue weighted by molar-refractivity contribution is 0.321. The standard InChI is InChI=1S/C6H15N.C4H5N/c1-4-7(5-2)6-3;1-2-4-5-3-1/h4-6H2,1-3H3;1-5H. The van der Waals surface area contributed by atoms with E-state index in [-0.39, 0.29) is 0 Å². The van der Waals surface area contributed by atoms with Gasteiger partial charge in [0.1, 0.15) is 0 Å². The van der Waals surface area contributed by atoms with Crippen molar-refractivity contribution in [2.75, 3.05) is 19.6 Å². The third kappa shape index (κ3) is 5.98. The molecule has 0 aliphatic carbocycles. The van der Waals surface area contributed by atoms with Crippen LogP contribution in [0, 0.1) is 0 Å². The number of hydrogen-bond donors (Lipinski definition) is 1. The van der Waals surface area contributed by atoms with Crippen LogP contribution in [0.5, 0.6) is 0 Å². The lowest BCUT2D eigenvalue weighted by Gasteiger charge is -2.13. The molecule has 0 spiro atoms. The molecule has 2 heteroatoms. The van der Waals surface area contributed by atoms with E-state index in [1.807, 2.05) is 24.5 Å². The fourth-order valence-corrected chi connectivity index (χ4v) is 0.949. The molecule has 0 aliphatic rings. The Morgan fingerprint density at radius 2 is 1.33 bits per heavy atom. The summed E-state index contributed by atoms with van der Waals surface area (Å²) in [7, 11) is 0. The number of hydrogen-bond acceptors (Lipinski definition) is 1. The fraction of sp³-hybridized carbons (Fsp3) is 0.600. The van der Waals surface area contributed by atoms with Crippen LogP contribution in [0.2, 0.25) is 0 Å². The molecule has 0 unspecified atom stereocenters. The Labute approximate surface area is 75.6 Å². The number of rotatable bonds is 3. The zero-order chi connectivity index (χ0) is 9.23. The molecule has 0 aliphatic heterocycles. The third-order valence-corrected chi connectivity index (χ3v) is 1.84. The van der Waals surface area contributed by atoms with Gasteiger partial charge in [0.05, 0.1) is 0 Å². The largest absolute Gasteiger partial charge is 0.368 e. The van der Waals surface area contributed by atoms with Crippen LogP contribution >= 0.6 is 0 Å². The van der Waals surface area contributed by atoms with Gasteiger partial charge in [0, 0.05) is 12.4 Å². The Hall–Kier alpha value is -0.760. The van der Waals surface area contributed by atoms with Crippen LogP contribution in [-0.2, 0) is 0 Å². The Kier molecular flexibility index (Phi) is 7.81. The van der Waals surface area contributed by atoms with Crippen LogP contribution in [0.1, 0.15) is 20.8 Å². The molecule has 1 N–H and O–H groups in total. The van der Waals surface area contributed by atoms with E-state index in [0.717, 1.165) is 0 Å². The molecule has 1 aromatic rings. The fourth-order valence-electron chi connectivity index (χ4n) is 0.949. The molecule has 70 valence electrons. The number of aromatic amines is 1. The highest BCUT2D eigenvalue weighted by atomic mass is 15.1. The SMILES string of the molecule is CCN(CC)CC.c1cc[nH]c1. The van der Waals surface area contributed by atoms with E-state index in [2.05, 4.69) is 30.7 Å². The summed E-state index contributed by atoms with van der Waals surface area (Å²) in [4.78, 5) is 5.24. The predicted octanol–water partition coefficient (Wildman–Crippen LogP) is 2.36. The average molecular weight is 168 g/mol. The molecule has 0 atom stereocenters. The summed E-state index contributed by atoms with van der Waals surface area (Å²) in [6.07, 6.45) is 3.75. The Morgan fingerprint density at radius 3 is 1.42 bits per heavy atom. The van der Waals surface area contributed by atoms with Gasteiger partial charge in [0.15, 0.2) is 0 Å². The second-order valence-electron chi connectivity index (χ2n) is 2.50. The summed E-state index contributed by atoms with van der Waals surface area (Å²) in [5, 5.41) is 0. The van der Waals surface area contributed by atoms with Crippen molar-refractivity contribution in [2.24, 2.45) is 0 Å². The van der Waals surface area contributed by atoms with Gasteiger partial charge in [0.2, 0.25) is 0 Å². The zero-order valence-corrected chi connectivity index (χ0v) is 8.38. The summed E-state index contributed by atoms with van der Waals surface area (Å²) >= 11 is 0. The van der Waals surface area contributed by atoms with Crippen molar-refractivity contribution >= 4 is 0 Å². The van der Waals surface area contributed by atoms with Crippen LogP contribution in [0.3, 0.4) is 0 Å². The van der Waals surface area contributed by atoms with Crippen LogP contribution in [0.25, 0.3) is 0 Å². The minimum absolute atomic E-state index is 1.19. The van der Waals surface area contributed by atoms with E-state index in [1.165, 1.54) is 19.6 Å². The van der Waals surface area contributed by atoms with Crippen molar-refractivity contribution in [3.05, 3.63) is 24.5 Å². The topological polar surface area (TPSA) is 19.0 Å². The lowest BCUT2D eigenvalue weighted by Crippen LogP contribution is -2.21. The molecule has 12 heavy (non-hydrogen) atoms. The van der Waals surface area contributed by atoms with E-state index >= 15 is 0 Å². The van der Waals surface area contributed by atoms with Crippen molar-refractivity contribution in [3.63, 3.8) is 0 Å². The first-order valence-electron chi connectivity index (χ1n) is 4.65. The molecule has 0 saturated heterocycles. The van der Waals surface area contributed by atoms with Gasteiger partial charge in [-0.15, -0.1) is 0 Å². The van der Waals surface area contributed by atoms with E-state index in [9.17, 15) is 0 Å². The second kappa shape index (κ2) is 8.34. The van der Waals surface area contributed by atoms with Gasteiger partial charge in [0.25, 0.3) is 0 Å². The maximum Gasteiger partial charge on any atom is 0.000496 e. The summed E-state index contributed by atoms with van der Waals surface area (Å²) < 4.78 is 0. The van der Waals surface area contributed by atoms with Crippen molar-refractivity contribution in [3.8, 4) is 0 Å². The summed E-state index contributed by atoms with van der Waals surface area (Å²) in [6.45, 7) is 10.1. The van der Waals surface area contributed by atoms with Gasteiger partial charge >= 0.3 is 0 Å². The van der Waals surface area contributed by atoms with Crippen LogP contribution < -0.4 is 0 Å². The average Bonchev–Trinajstić information content (AvgIpc) is 2.64. The molecular weight excluding hydrogens is 148 g/mol. The number of aromatic nitrogens is 1. The first-order valence-corrected chi connectivity index (χ1v) is 4.65. The maximum absolute atomic E-state index is 2.86. The van der Waals surface area contributed by atoms with Gasteiger partial charge in [-0.2, -0.15) is 0 Å². The normalized spacial score (nSPS) is 9.33. The van der Waals surface area contributed by atoms with Crippen LogP contribution in [0.4, 0.5) is 0 Å². The Morgan fingerprint density at radius 1 is 0.917 bits per heavy atom. The van der Waals surface area contributed by atoms with E-state index in [1.54, 1.807) is 0 Å². The van der Waals surface area contributed by atoms with Crippen molar-refractivity contribution in [2.45, 2.75) is 20.8 Å². The van der Waals surface area contributed by atoms with Gasteiger partial charge < -0.3 is 9.88 Å². The molecule has 2 nitrogen and oxygen atoms in total. The Balaban J connectivity index is 0.000000211. The zero-order valence-electron chi connectivity index (χ0n) is 8.38. The number of nitrogens with one attached hydrogen (secondary N) is 1. The predicted molar refractivity (Wildman–Crippen MR) is 54.3 cm³/mol. The van der Waals surface area contributed by atoms with E-state index in [0.29, 0.717) is 0 Å². The monoisotopic (exact) mass is 168 g/mol. The molecule has 1 heterocycles. The minimum Gasteiger partial charge on any atom is -0.368 e. The first-order chi connectivity index (χ1) is 5.85. The third-order valence-electron chi connectivity index (χ3n) is 1.84. The molecule has 0 amide bonds. The Bertz CT molecular complexity index is 120. The van der Waals surface area contributed by atoms with E-state index < -0.39 is 0 Å². The maximum atomic E-state index is 2.86. The van der Waals surface area contributed by atoms with Gasteiger partial charge in [-0.3, -0.25) is 0 Å². The van der Waals surface area contributed by atoms with Crippen molar-refractivity contribution in [1.82, 2.24) is 9.88 Å². The van der Waals surface area contributed by atoms with Gasteiger partial charge in [-0.1, -0.05) is 20.8 Å². The molecule has 0 radical (unpaired) electrons. The quantitative estimate of drug-likeness (QED) is 0.734. The number of nitrogens with zero attached hydrogens (tertiary/aromatic N) is 1. The summed E-state index contributed by atoms with van der Waals surface area (Å²) in [6, 6.07) is 3.89. The molecule has 0 saturated carbocycles. The molecule has 0 aromatic carbocycles. The van der Waals surface area contributed by atoms with Gasteiger partial charge in [-0.05, 0) is 31.8 Å². The molecule has 1 rings (SSSR count). The first kappa shape index (κ1) is 11.2. The van der Waals surface area contributed by atoms with E-state index in [4.69, 9.17) is 0 Å². The second-order valence-corrected chi connectivity index (χ2v) is 2.50.